The fraction of sp³-hybridized carbons (Fsp3) is 0.444. The van der Waals surface area contributed by atoms with Gasteiger partial charge in [0.2, 0.25) is 0 Å². The van der Waals surface area contributed by atoms with Crippen LogP contribution in [0.25, 0.3) is 10.9 Å². The lowest BCUT2D eigenvalue weighted by Crippen LogP contribution is -2.42. The second-order valence-corrected chi connectivity index (χ2v) is 10.6. The molecule has 200 valence electrons. The van der Waals surface area contributed by atoms with Crippen LogP contribution in [0.15, 0.2) is 41.4 Å². The third-order valence-corrected chi connectivity index (χ3v) is 8.18. The number of thioether (sulfide) groups is 1. The summed E-state index contributed by atoms with van der Waals surface area (Å²) in [5, 5.41) is 10.5. The SMILES string of the molecule is COc1ccc2ncc(F)c(C(F)CCC3(CO)CCN(CCSc4cc(F)cc(F)c4F)CC3)c2c1. The van der Waals surface area contributed by atoms with Crippen LogP contribution in [0.1, 0.15) is 37.4 Å². The van der Waals surface area contributed by atoms with Crippen molar-refractivity contribution in [2.75, 3.05) is 39.1 Å². The normalized spacial score (nSPS) is 16.7. The highest BCUT2D eigenvalue weighted by Crippen LogP contribution is 2.41. The summed E-state index contributed by atoms with van der Waals surface area (Å²) in [5.41, 5.74) is -0.0563. The van der Waals surface area contributed by atoms with Crippen LogP contribution in [0.3, 0.4) is 0 Å². The minimum Gasteiger partial charge on any atom is -0.497 e. The lowest BCUT2D eigenvalue weighted by Gasteiger charge is -2.41. The third-order valence-electron chi connectivity index (χ3n) is 7.19. The number of halogens is 5. The minimum absolute atomic E-state index is 0.0486. The second-order valence-electron chi connectivity index (χ2n) is 9.46. The molecular formula is C27H29F5N2O2S. The van der Waals surface area contributed by atoms with Crippen LogP contribution in [0.5, 0.6) is 5.75 Å². The van der Waals surface area contributed by atoms with E-state index in [0.29, 0.717) is 67.4 Å². The number of aliphatic hydroxyl groups excluding tert-OH is 1. The highest BCUT2D eigenvalue weighted by atomic mass is 32.2. The number of pyridine rings is 1. The Bertz CT molecular complexity index is 1240. The van der Waals surface area contributed by atoms with Gasteiger partial charge in [-0.05, 0) is 68.5 Å². The van der Waals surface area contributed by atoms with Crippen LogP contribution in [-0.4, -0.2) is 54.1 Å². The smallest absolute Gasteiger partial charge is 0.172 e. The summed E-state index contributed by atoms with van der Waals surface area (Å²) in [6.45, 7) is 1.75. The van der Waals surface area contributed by atoms with E-state index in [-0.39, 0.29) is 23.5 Å². The van der Waals surface area contributed by atoms with Gasteiger partial charge in [-0.15, -0.1) is 11.8 Å². The van der Waals surface area contributed by atoms with Gasteiger partial charge in [-0.25, -0.2) is 22.0 Å². The standard InChI is InChI=1S/C27H29F5N2O2S/c1-36-18-2-3-23-19(14-18)25(22(31)15-33-23)20(29)4-5-27(16-35)6-8-34(9-7-27)10-11-37-24-13-17(28)12-21(30)26(24)32/h2-3,12-15,20,35H,4-11,16H2,1H3. The average molecular weight is 541 g/mol. The van der Waals surface area contributed by atoms with Crippen molar-refractivity contribution in [3.05, 3.63) is 65.4 Å². The minimum atomic E-state index is -1.57. The summed E-state index contributed by atoms with van der Waals surface area (Å²) in [6, 6.07) is 6.42. The Balaban J connectivity index is 1.33. The summed E-state index contributed by atoms with van der Waals surface area (Å²) in [4.78, 5) is 6.10. The molecule has 0 spiro atoms. The molecule has 1 unspecified atom stereocenters. The Morgan fingerprint density at radius 1 is 1.11 bits per heavy atom. The molecule has 1 atom stereocenters. The van der Waals surface area contributed by atoms with Crippen LogP contribution < -0.4 is 4.74 Å². The molecule has 0 bridgehead atoms. The Morgan fingerprint density at radius 3 is 2.57 bits per heavy atom. The van der Waals surface area contributed by atoms with E-state index in [1.54, 1.807) is 18.2 Å². The molecule has 37 heavy (non-hydrogen) atoms. The van der Waals surface area contributed by atoms with E-state index in [1.807, 2.05) is 0 Å². The first-order valence-electron chi connectivity index (χ1n) is 12.1. The fourth-order valence-corrected chi connectivity index (χ4v) is 5.84. The average Bonchev–Trinajstić information content (AvgIpc) is 2.90. The number of hydrogen-bond donors (Lipinski definition) is 1. The van der Waals surface area contributed by atoms with Crippen LogP contribution in [0.2, 0.25) is 0 Å². The first-order valence-corrected chi connectivity index (χ1v) is 13.1. The number of rotatable bonds is 10. The Morgan fingerprint density at radius 2 is 1.86 bits per heavy atom. The van der Waals surface area contributed by atoms with E-state index in [0.717, 1.165) is 24.0 Å². The zero-order valence-electron chi connectivity index (χ0n) is 20.5. The number of fused-ring (bicyclic) bond motifs is 1. The quantitative estimate of drug-likeness (QED) is 0.182. The predicted octanol–water partition coefficient (Wildman–Crippen LogP) is 6.46. The summed E-state index contributed by atoms with van der Waals surface area (Å²) < 4.78 is 75.9. The van der Waals surface area contributed by atoms with Crippen molar-refractivity contribution in [3.8, 4) is 5.75 Å². The van der Waals surface area contributed by atoms with Crippen molar-refractivity contribution >= 4 is 22.7 Å². The summed E-state index contributed by atoms with van der Waals surface area (Å²) in [5.74, 6) is -2.88. The Hall–Kier alpha value is -2.43. The number of methoxy groups -OCH3 is 1. The van der Waals surface area contributed by atoms with Crippen LogP contribution in [-0.2, 0) is 0 Å². The fourth-order valence-electron chi connectivity index (χ4n) is 4.85. The van der Waals surface area contributed by atoms with Gasteiger partial charge in [0.1, 0.15) is 23.6 Å². The number of nitrogens with zero attached hydrogens (tertiary/aromatic N) is 2. The van der Waals surface area contributed by atoms with E-state index in [4.69, 9.17) is 4.74 Å². The van der Waals surface area contributed by atoms with Gasteiger partial charge >= 0.3 is 0 Å². The summed E-state index contributed by atoms with van der Waals surface area (Å²) >= 11 is 1.05. The van der Waals surface area contributed by atoms with Gasteiger partial charge in [-0.2, -0.15) is 0 Å². The van der Waals surface area contributed by atoms with Crippen molar-refractivity contribution in [1.29, 1.82) is 0 Å². The van der Waals surface area contributed by atoms with Gasteiger partial charge in [0.15, 0.2) is 11.6 Å². The summed E-state index contributed by atoms with van der Waals surface area (Å²) in [6.07, 6.45) is 1.13. The molecule has 1 aromatic heterocycles. The van der Waals surface area contributed by atoms with Crippen molar-refractivity contribution in [2.45, 2.75) is 36.8 Å². The number of hydrogen-bond acceptors (Lipinski definition) is 5. The number of piperidine rings is 1. The number of benzene rings is 2. The van der Waals surface area contributed by atoms with Gasteiger partial charge in [0.25, 0.3) is 0 Å². The van der Waals surface area contributed by atoms with Crippen molar-refractivity contribution < 1.29 is 31.8 Å². The van der Waals surface area contributed by atoms with E-state index >= 15 is 4.39 Å². The van der Waals surface area contributed by atoms with E-state index in [2.05, 4.69) is 9.88 Å². The molecule has 0 radical (unpaired) electrons. The molecule has 2 aromatic carbocycles. The van der Waals surface area contributed by atoms with Crippen LogP contribution in [0.4, 0.5) is 22.0 Å². The Labute approximate surface area is 216 Å². The number of likely N-dealkylation sites (tertiary alicyclic amines) is 1. The van der Waals surface area contributed by atoms with Crippen molar-refractivity contribution in [2.24, 2.45) is 5.41 Å². The number of ether oxygens (including phenoxy) is 1. The maximum Gasteiger partial charge on any atom is 0.172 e. The molecular weight excluding hydrogens is 511 g/mol. The molecule has 1 aliphatic rings. The van der Waals surface area contributed by atoms with E-state index in [9.17, 15) is 22.7 Å². The zero-order chi connectivity index (χ0) is 26.6. The van der Waals surface area contributed by atoms with Gasteiger partial charge in [-0.1, -0.05) is 0 Å². The highest BCUT2D eigenvalue weighted by Gasteiger charge is 2.35. The molecule has 1 fully saturated rings. The molecule has 0 saturated carbocycles. The molecule has 10 heteroatoms. The van der Waals surface area contributed by atoms with Crippen LogP contribution >= 0.6 is 11.8 Å². The molecule has 4 nitrogen and oxygen atoms in total. The highest BCUT2D eigenvalue weighted by molar-refractivity contribution is 7.99. The van der Waals surface area contributed by atoms with E-state index in [1.165, 1.54) is 7.11 Å². The monoisotopic (exact) mass is 540 g/mol. The largest absolute Gasteiger partial charge is 0.497 e. The van der Waals surface area contributed by atoms with Gasteiger partial charge in [0, 0.05) is 40.8 Å². The van der Waals surface area contributed by atoms with Crippen molar-refractivity contribution in [1.82, 2.24) is 9.88 Å². The summed E-state index contributed by atoms with van der Waals surface area (Å²) in [7, 11) is 1.48. The van der Waals surface area contributed by atoms with Gasteiger partial charge < -0.3 is 14.7 Å². The molecule has 0 amide bonds. The Kier molecular flexibility index (Phi) is 8.92. The molecule has 1 saturated heterocycles. The maximum absolute atomic E-state index is 15.4. The number of alkyl halides is 1. The number of aliphatic hydroxyl groups is 1. The lowest BCUT2D eigenvalue weighted by molar-refractivity contribution is 0.0321. The van der Waals surface area contributed by atoms with Gasteiger partial charge in [0.05, 0.1) is 18.8 Å². The molecule has 3 aromatic rings. The molecule has 0 aliphatic carbocycles. The zero-order valence-corrected chi connectivity index (χ0v) is 21.3. The molecule has 4 rings (SSSR count). The third kappa shape index (κ3) is 6.35. The second kappa shape index (κ2) is 12.0. The molecule has 2 heterocycles. The lowest BCUT2D eigenvalue weighted by atomic mass is 9.74. The topological polar surface area (TPSA) is 45.6 Å². The van der Waals surface area contributed by atoms with Crippen molar-refractivity contribution in [3.63, 3.8) is 0 Å². The molecule has 1 N–H and O–H groups in total. The van der Waals surface area contributed by atoms with E-state index < -0.39 is 34.9 Å². The first-order chi connectivity index (χ1) is 17.7. The van der Waals surface area contributed by atoms with Crippen LogP contribution in [0, 0.1) is 28.7 Å². The number of aromatic nitrogens is 1. The maximum atomic E-state index is 15.4. The predicted molar refractivity (Wildman–Crippen MR) is 134 cm³/mol. The molecule has 1 aliphatic heterocycles. The van der Waals surface area contributed by atoms with Gasteiger partial charge in [-0.3, -0.25) is 4.98 Å². The first kappa shape index (κ1) is 27.6.